The van der Waals surface area contributed by atoms with Crippen LogP contribution in [0.2, 0.25) is 0 Å². The average Bonchev–Trinajstić information content (AvgIpc) is 2.72. The number of nitrogens with one attached hydrogen (secondary N) is 2. The number of nitrogens with zero attached hydrogens (tertiary/aromatic N) is 1. The van der Waals surface area contributed by atoms with Gasteiger partial charge in [-0.3, -0.25) is 4.99 Å². The Balaban J connectivity index is 1.59. The lowest BCUT2D eigenvalue weighted by Crippen LogP contribution is -2.42. The zero-order valence-electron chi connectivity index (χ0n) is 16.6. The standard InChI is InChI=1S/C23H31N3O/c1-17-11-13-20(14-12-17)22-21(10-7-15-27-22)16-25-23(24-3)26-18(2)19-8-5-4-6-9-19/h4-6,8-9,11-14,18,21-22H,7,10,15-16H2,1-3H3,(H2,24,25,26). The van der Waals surface area contributed by atoms with Gasteiger partial charge in [-0.15, -0.1) is 0 Å². The molecule has 0 bridgehead atoms. The minimum Gasteiger partial charge on any atom is -0.373 e. The second-order valence-corrected chi connectivity index (χ2v) is 7.33. The second kappa shape index (κ2) is 9.56. The van der Waals surface area contributed by atoms with Gasteiger partial charge in [-0.1, -0.05) is 60.2 Å². The summed E-state index contributed by atoms with van der Waals surface area (Å²) >= 11 is 0. The minimum absolute atomic E-state index is 0.150. The highest BCUT2D eigenvalue weighted by Crippen LogP contribution is 2.33. The van der Waals surface area contributed by atoms with Crippen LogP contribution in [0.15, 0.2) is 59.6 Å². The van der Waals surface area contributed by atoms with Crippen molar-refractivity contribution in [2.75, 3.05) is 20.2 Å². The Labute approximate surface area is 163 Å². The highest BCUT2D eigenvalue weighted by Gasteiger charge is 2.27. The number of benzene rings is 2. The zero-order chi connectivity index (χ0) is 19.1. The second-order valence-electron chi connectivity index (χ2n) is 7.33. The number of rotatable bonds is 5. The van der Waals surface area contributed by atoms with E-state index in [1.165, 1.54) is 16.7 Å². The van der Waals surface area contributed by atoms with Crippen LogP contribution in [0.3, 0.4) is 0 Å². The normalized spacial score (nSPS) is 21.5. The van der Waals surface area contributed by atoms with Crippen LogP contribution in [0.1, 0.15) is 48.6 Å². The first-order valence-corrected chi connectivity index (χ1v) is 9.87. The molecule has 2 aromatic rings. The van der Waals surface area contributed by atoms with Crippen molar-refractivity contribution in [3.8, 4) is 0 Å². The molecule has 2 N–H and O–H groups in total. The number of ether oxygens (including phenoxy) is 1. The summed E-state index contributed by atoms with van der Waals surface area (Å²) in [5.41, 5.74) is 3.80. The number of aryl methyl sites for hydroxylation is 1. The third-order valence-electron chi connectivity index (χ3n) is 5.26. The molecule has 0 aliphatic carbocycles. The van der Waals surface area contributed by atoms with E-state index in [9.17, 15) is 0 Å². The molecule has 3 rings (SSSR count). The molecule has 0 radical (unpaired) electrons. The SMILES string of the molecule is CN=C(NCC1CCCOC1c1ccc(C)cc1)NC(C)c1ccccc1. The van der Waals surface area contributed by atoms with Crippen LogP contribution in [-0.4, -0.2) is 26.2 Å². The van der Waals surface area contributed by atoms with Crippen LogP contribution in [0.25, 0.3) is 0 Å². The van der Waals surface area contributed by atoms with E-state index in [1.807, 2.05) is 13.1 Å². The third-order valence-corrected chi connectivity index (χ3v) is 5.26. The topological polar surface area (TPSA) is 45.7 Å². The molecule has 0 aromatic heterocycles. The summed E-state index contributed by atoms with van der Waals surface area (Å²) in [6.45, 7) is 5.96. The lowest BCUT2D eigenvalue weighted by Gasteiger charge is -2.33. The van der Waals surface area contributed by atoms with E-state index in [0.717, 1.165) is 32.0 Å². The van der Waals surface area contributed by atoms with E-state index in [0.29, 0.717) is 5.92 Å². The zero-order valence-corrected chi connectivity index (χ0v) is 16.6. The lowest BCUT2D eigenvalue weighted by atomic mass is 9.89. The van der Waals surface area contributed by atoms with Gasteiger partial charge in [0.2, 0.25) is 0 Å². The number of hydrogen-bond donors (Lipinski definition) is 2. The van der Waals surface area contributed by atoms with Crippen molar-refractivity contribution in [1.29, 1.82) is 0 Å². The molecule has 0 saturated carbocycles. The molecule has 1 aliphatic heterocycles. The molecule has 144 valence electrons. The molecule has 0 spiro atoms. The van der Waals surface area contributed by atoms with E-state index >= 15 is 0 Å². The van der Waals surface area contributed by atoms with Gasteiger partial charge < -0.3 is 15.4 Å². The molecule has 1 saturated heterocycles. The van der Waals surface area contributed by atoms with Crippen LogP contribution < -0.4 is 10.6 Å². The van der Waals surface area contributed by atoms with Crippen molar-refractivity contribution in [2.45, 2.75) is 38.8 Å². The van der Waals surface area contributed by atoms with Gasteiger partial charge in [0.1, 0.15) is 0 Å². The highest BCUT2D eigenvalue weighted by atomic mass is 16.5. The first kappa shape index (κ1) is 19.4. The Morgan fingerprint density at radius 2 is 1.89 bits per heavy atom. The molecule has 2 aromatic carbocycles. The number of hydrogen-bond acceptors (Lipinski definition) is 2. The molecule has 4 heteroatoms. The van der Waals surface area contributed by atoms with E-state index in [4.69, 9.17) is 4.74 Å². The van der Waals surface area contributed by atoms with E-state index in [2.05, 4.69) is 78.0 Å². The predicted octanol–water partition coefficient (Wildman–Crippen LogP) is 4.39. The van der Waals surface area contributed by atoms with Crippen LogP contribution in [0.4, 0.5) is 0 Å². The van der Waals surface area contributed by atoms with Gasteiger partial charge in [0.15, 0.2) is 5.96 Å². The van der Waals surface area contributed by atoms with E-state index in [-0.39, 0.29) is 12.1 Å². The van der Waals surface area contributed by atoms with Gasteiger partial charge in [-0.2, -0.15) is 0 Å². The third kappa shape index (κ3) is 5.33. The van der Waals surface area contributed by atoms with Crippen LogP contribution in [0.5, 0.6) is 0 Å². The lowest BCUT2D eigenvalue weighted by molar-refractivity contribution is -0.0265. The van der Waals surface area contributed by atoms with Crippen molar-refractivity contribution >= 4 is 5.96 Å². The summed E-state index contributed by atoms with van der Waals surface area (Å²) < 4.78 is 6.13. The Bertz CT molecular complexity index is 727. The fraction of sp³-hybridized carbons (Fsp3) is 0.435. The molecule has 1 fully saturated rings. The first-order chi connectivity index (χ1) is 13.2. The molecule has 0 amide bonds. The van der Waals surface area contributed by atoms with Gasteiger partial charge >= 0.3 is 0 Å². The molecular formula is C23H31N3O. The molecular weight excluding hydrogens is 334 g/mol. The molecule has 3 atom stereocenters. The Hall–Kier alpha value is -2.33. The molecule has 3 unspecified atom stereocenters. The van der Waals surface area contributed by atoms with Gasteiger partial charge in [-0.25, -0.2) is 0 Å². The quantitative estimate of drug-likeness (QED) is 0.610. The first-order valence-electron chi connectivity index (χ1n) is 9.87. The fourth-order valence-electron chi connectivity index (χ4n) is 3.63. The van der Waals surface area contributed by atoms with E-state index < -0.39 is 0 Å². The van der Waals surface area contributed by atoms with Crippen LogP contribution in [0, 0.1) is 12.8 Å². The maximum Gasteiger partial charge on any atom is 0.191 e. The fourth-order valence-corrected chi connectivity index (χ4v) is 3.63. The Morgan fingerprint density at radius 1 is 1.15 bits per heavy atom. The molecule has 27 heavy (non-hydrogen) atoms. The van der Waals surface area contributed by atoms with Crippen molar-refractivity contribution < 1.29 is 4.74 Å². The number of aliphatic imine (C=N–C) groups is 1. The monoisotopic (exact) mass is 365 g/mol. The molecule has 1 aliphatic rings. The van der Waals surface area contributed by atoms with Gasteiger partial charge in [0.05, 0.1) is 12.1 Å². The van der Waals surface area contributed by atoms with Gasteiger partial charge in [0, 0.05) is 26.1 Å². The van der Waals surface area contributed by atoms with Gasteiger partial charge in [0.25, 0.3) is 0 Å². The summed E-state index contributed by atoms with van der Waals surface area (Å²) in [6, 6.07) is 19.4. The number of guanidine groups is 1. The van der Waals surface area contributed by atoms with Crippen LogP contribution in [-0.2, 0) is 4.74 Å². The Morgan fingerprint density at radius 3 is 2.59 bits per heavy atom. The summed E-state index contributed by atoms with van der Waals surface area (Å²) in [4.78, 5) is 4.40. The average molecular weight is 366 g/mol. The highest BCUT2D eigenvalue weighted by molar-refractivity contribution is 5.80. The largest absolute Gasteiger partial charge is 0.373 e. The summed E-state index contributed by atoms with van der Waals surface area (Å²) in [7, 11) is 1.82. The van der Waals surface area contributed by atoms with Crippen molar-refractivity contribution in [3.05, 3.63) is 71.3 Å². The maximum absolute atomic E-state index is 6.13. The Kier molecular flexibility index (Phi) is 6.88. The van der Waals surface area contributed by atoms with Crippen molar-refractivity contribution in [2.24, 2.45) is 10.9 Å². The van der Waals surface area contributed by atoms with Crippen LogP contribution >= 0.6 is 0 Å². The predicted molar refractivity (Wildman–Crippen MR) is 112 cm³/mol. The van der Waals surface area contributed by atoms with Gasteiger partial charge in [-0.05, 0) is 37.8 Å². The smallest absolute Gasteiger partial charge is 0.191 e. The molecule has 1 heterocycles. The summed E-state index contributed by atoms with van der Waals surface area (Å²) in [5, 5.41) is 6.99. The van der Waals surface area contributed by atoms with E-state index in [1.54, 1.807) is 0 Å². The summed E-state index contributed by atoms with van der Waals surface area (Å²) in [5.74, 6) is 1.27. The van der Waals surface area contributed by atoms with Crippen molar-refractivity contribution in [3.63, 3.8) is 0 Å². The maximum atomic E-state index is 6.13. The molecule has 4 nitrogen and oxygen atoms in total. The minimum atomic E-state index is 0.150. The van der Waals surface area contributed by atoms with Crippen molar-refractivity contribution in [1.82, 2.24) is 10.6 Å². The summed E-state index contributed by atoms with van der Waals surface area (Å²) in [6.07, 6.45) is 2.43.